The number of nitrogens with one attached hydrogen (secondary N) is 1. The fourth-order valence-electron chi connectivity index (χ4n) is 1.37. The van der Waals surface area contributed by atoms with E-state index in [0.29, 0.717) is 10.2 Å². The number of halogens is 1. The predicted octanol–water partition coefficient (Wildman–Crippen LogP) is 2.52. The molecule has 1 aromatic heterocycles. The van der Waals surface area contributed by atoms with Crippen LogP contribution in [0.3, 0.4) is 0 Å². The van der Waals surface area contributed by atoms with Crippen molar-refractivity contribution in [3.05, 3.63) is 52.6 Å². The van der Waals surface area contributed by atoms with Gasteiger partial charge in [-0.05, 0) is 52.3 Å². The summed E-state index contributed by atoms with van der Waals surface area (Å²) in [5.74, 6) is 0.221. The van der Waals surface area contributed by atoms with Crippen molar-refractivity contribution in [1.29, 1.82) is 5.26 Å². The van der Waals surface area contributed by atoms with E-state index in [-0.39, 0.29) is 10.7 Å². The fourth-order valence-corrected chi connectivity index (χ4v) is 2.72. The average Bonchev–Trinajstić information content (AvgIpc) is 2.38. The number of nitrogens with zero attached hydrogens (tertiary/aromatic N) is 2. The van der Waals surface area contributed by atoms with E-state index in [2.05, 4.69) is 25.6 Å². The van der Waals surface area contributed by atoms with Gasteiger partial charge < -0.3 is 0 Å². The lowest BCUT2D eigenvalue weighted by Gasteiger charge is -2.07. The smallest absolute Gasteiger partial charge is 0.263 e. The number of sulfonamides is 1. The van der Waals surface area contributed by atoms with Gasteiger partial charge in [0.05, 0.1) is 16.5 Å². The number of nitriles is 1. The van der Waals surface area contributed by atoms with Crippen LogP contribution in [0.5, 0.6) is 0 Å². The first kappa shape index (κ1) is 13.5. The first-order valence-electron chi connectivity index (χ1n) is 5.17. The van der Waals surface area contributed by atoms with Gasteiger partial charge in [-0.1, -0.05) is 6.07 Å². The van der Waals surface area contributed by atoms with Crippen molar-refractivity contribution in [2.24, 2.45) is 0 Å². The van der Waals surface area contributed by atoms with Crippen LogP contribution in [-0.4, -0.2) is 13.4 Å². The summed E-state index contributed by atoms with van der Waals surface area (Å²) in [6, 6.07) is 12.5. The number of benzene rings is 1. The molecule has 2 aromatic rings. The molecule has 5 nitrogen and oxygen atoms in total. The lowest BCUT2D eigenvalue weighted by molar-refractivity contribution is 0.601. The van der Waals surface area contributed by atoms with Crippen molar-refractivity contribution in [2.45, 2.75) is 4.90 Å². The molecule has 1 aromatic carbocycles. The topological polar surface area (TPSA) is 82.8 Å². The third-order valence-electron chi connectivity index (χ3n) is 2.25. The van der Waals surface area contributed by atoms with Gasteiger partial charge >= 0.3 is 0 Å². The largest absolute Gasteiger partial charge is 0.263 e. The average molecular weight is 338 g/mol. The molecule has 0 aliphatic heterocycles. The van der Waals surface area contributed by atoms with Crippen LogP contribution in [-0.2, 0) is 10.0 Å². The third-order valence-corrected chi connectivity index (χ3v) is 4.06. The Labute approximate surface area is 119 Å². The summed E-state index contributed by atoms with van der Waals surface area (Å²) in [4.78, 5) is 4.07. The Hall–Kier alpha value is -1.91. The van der Waals surface area contributed by atoms with Gasteiger partial charge in [0.2, 0.25) is 0 Å². The molecule has 0 radical (unpaired) electrons. The van der Waals surface area contributed by atoms with Crippen LogP contribution < -0.4 is 4.72 Å². The Kier molecular flexibility index (Phi) is 3.83. The monoisotopic (exact) mass is 337 g/mol. The van der Waals surface area contributed by atoms with Gasteiger partial charge in [0, 0.05) is 0 Å². The summed E-state index contributed by atoms with van der Waals surface area (Å²) in [6.07, 6.45) is 0. The molecule has 0 bridgehead atoms. The van der Waals surface area contributed by atoms with Crippen molar-refractivity contribution in [2.75, 3.05) is 4.72 Å². The maximum atomic E-state index is 12.1. The van der Waals surface area contributed by atoms with Crippen LogP contribution >= 0.6 is 15.9 Å². The van der Waals surface area contributed by atoms with E-state index in [1.165, 1.54) is 24.3 Å². The Balaban J connectivity index is 2.30. The number of aromatic nitrogens is 1. The standard InChI is InChI=1S/C12H8BrN3O2S/c13-11-2-1-3-12(15-11)16-19(17,18)10-6-4-9(8-14)5-7-10/h1-7H,(H,15,16). The van der Waals surface area contributed by atoms with E-state index >= 15 is 0 Å². The second-order valence-corrected chi connectivity index (χ2v) is 6.08. The van der Waals surface area contributed by atoms with E-state index in [9.17, 15) is 8.42 Å². The van der Waals surface area contributed by atoms with E-state index in [0.717, 1.165) is 0 Å². The minimum atomic E-state index is -3.70. The highest BCUT2D eigenvalue weighted by Gasteiger charge is 2.14. The van der Waals surface area contributed by atoms with Crippen molar-refractivity contribution in [1.82, 2.24) is 4.98 Å². The quantitative estimate of drug-likeness (QED) is 0.872. The molecule has 1 N–H and O–H groups in total. The normalized spacial score (nSPS) is 10.7. The third kappa shape index (κ3) is 3.30. The Morgan fingerprint density at radius 3 is 2.42 bits per heavy atom. The summed E-state index contributed by atoms with van der Waals surface area (Å²) in [5, 5.41) is 8.67. The van der Waals surface area contributed by atoms with Gasteiger partial charge in [0.1, 0.15) is 10.4 Å². The lowest BCUT2D eigenvalue weighted by Crippen LogP contribution is -2.13. The number of hydrogen-bond donors (Lipinski definition) is 1. The first-order chi connectivity index (χ1) is 9.01. The van der Waals surface area contributed by atoms with E-state index in [1.54, 1.807) is 18.2 Å². The summed E-state index contributed by atoms with van der Waals surface area (Å²) < 4.78 is 27.0. The molecular weight excluding hydrogens is 330 g/mol. The molecule has 19 heavy (non-hydrogen) atoms. The van der Waals surface area contributed by atoms with Gasteiger partial charge in [0.25, 0.3) is 10.0 Å². The number of hydrogen-bond acceptors (Lipinski definition) is 4. The predicted molar refractivity (Wildman–Crippen MR) is 73.9 cm³/mol. The van der Waals surface area contributed by atoms with E-state index in [1.807, 2.05) is 6.07 Å². The summed E-state index contributed by atoms with van der Waals surface area (Å²) in [7, 11) is -3.70. The van der Waals surface area contributed by atoms with Crippen molar-refractivity contribution in [3.63, 3.8) is 0 Å². The van der Waals surface area contributed by atoms with Crippen LogP contribution in [0, 0.1) is 11.3 Å². The minimum Gasteiger partial charge on any atom is -0.263 e. The maximum Gasteiger partial charge on any atom is 0.263 e. The maximum absolute atomic E-state index is 12.1. The van der Waals surface area contributed by atoms with Crippen LogP contribution in [0.15, 0.2) is 52.0 Å². The summed E-state index contributed by atoms with van der Waals surface area (Å²) in [5.41, 5.74) is 0.402. The molecule has 0 saturated carbocycles. The van der Waals surface area contributed by atoms with Crippen LogP contribution in [0.2, 0.25) is 0 Å². The van der Waals surface area contributed by atoms with E-state index in [4.69, 9.17) is 5.26 Å². The van der Waals surface area contributed by atoms with Crippen molar-refractivity contribution in [3.8, 4) is 6.07 Å². The summed E-state index contributed by atoms with van der Waals surface area (Å²) in [6.45, 7) is 0. The van der Waals surface area contributed by atoms with Gasteiger partial charge in [-0.2, -0.15) is 5.26 Å². The number of pyridine rings is 1. The number of anilines is 1. The van der Waals surface area contributed by atoms with Crippen molar-refractivity contribution < 1.29 is 8.42 Å². The molecule has 0 spiro atoms. The molecular formula is C12H8BrN3O2S. The zero-order valence-corrected chi connectivity index (χ0v) is 11.9. The second kappa shape index (κ2) is 5.38. The first-order valence-corrected chi connectivity index (χ1v) is 7.44. The molecule has 0 atom stereocenters. The SMILES string of the molecule is N#Cc1ccc(S(=O)(=O)Nc2cccc(Br)n2)cc1. The lowest BCUT2D eigenvalue weighted by atomic mass is 10.2. The van der Waals surface area contributed by atoms with Gasteiger partial charge in [-0.15, -0.1) is 0 Å². The van der Waals surface area contributed by atoms with Crippen LogP contribution in [0.4, 0.5) is 5.82 Å². The van der Waals surface area contributed by atoms with Crippen LogP contribution in [0.25, 0.3) is 0 Å². The molecule has 1 heterocycles. The highest BCUT2D eigenvalue weighted by molar-refractivity contribution is 9.10. The molecule has 0 fully saturated rings. The molecule has 0 saturated heterocycles. The molecule has 0 unspecified atom stereocenters. The highest BCUT2D eigenvalue weighted by atomic mass is 79.9. The molecule has 0 aliphatic rings. The molecule has 96 valence electrons. The zero-order chi connectivity index (χ0) is 13.9. The molecule has 2 rings (SSSR count). The Morgan fingerprint density at radius 2 is 1.84 bits per heavy atom. The number of rotatable bonds is 3. The van der Waals surface area contributed by atoms with Gasteiger partial charge in [-0.3, -0.25) is 4.72 Å². The fraction of sp³-hybridized carbons (Fsp3) is 0. The van der Waals surface area contributed by atoms with Crippen LogP contribution in [0.1, 0.15) is 5.56 Å². The highest BCUT2D eigenvalue weighted by Crippen LogP contribution is 2.16. The van der Waals surface area contributed by atoms with E-state index < -0.39 is 10.0 Å². The molecule has 0 amide bonds. The van der Waals surface area contributed by atoms with Gasteiger partial charge in [0.15, 0.2) is 0 Å². The minimum absolute atomic E-state index is 0.0771. The molecule has 0 aliphatic carbocycles. The summed E-state index contributed by atoms with van der Waals surface area (Å²) >= 11 is 3.16. The van der Waals surface area contributed by atoms with Gasteiger partial charge in [-0.25, -0.2) is 13.4 Å². The second-order valence-electron chi connectivity index (χ2n) is 3.59. The van der Waals surface area contributed by atoms with Crippen molar-refractivity contribution >= 4 is 31.8 Å². The Bertz CT molecular complexity index is 736. The Morgan fingerprint density at radius 1 is 1.16 bits per heavy atom. The molecule has 7 heteroatoms. The zero-order valence-electron chi connectivity index (χ0n) is 9.54.